The predicted octanol–water partition coefficient (Wildman–Crippen LogP) is 1.33. The smallest absolute Gasteiger partial charge is 0.390 e. The van der Waals surface area contributed by atoms with Crippen molar-refractivity contribution in [3.8, 4) is 6.07 Å². The highest BCUT2D eigenvalue weighted by Crippen LogP contribution is 2.60. The van der Waals surface area contributed by atoms with Gasteiger partial charge in [-0.15, -0.1) is 0 Å². The molecule has 5 heteroatoms. The Morgan fingerprint density at radius 1 is 1.33 bits per heavy atom. The van der Waals surface area contributed by atoms with Crippen molar-refractivity contribution in [3.05, 3.63) is 0 Å². The summed E-state index contributed by atoms with van der Waals surface area (Å²) in [5.41, 5.74) is 6.84. The number of hydrogen-bond donors (Lipinski definition) is 2. The summed E-state index contributed by atoms with van der Waals surface area (Å²) in [6.07, 6.45) is 8.37. The van der Waals surface area contributed by atoms with Gasteiger partial charge in [0.15, 0.2) is 5.71 Å². The summed E-state index contributed by atoms with van der Waals surface area (Å²) in [4.78, 5) is 13.2. The van der Waals surface area contributed by atoms with Crippen molar-refractivity contribution in [3.63, 3.8) is 0 Å². The van der Waals surface area contributed by atoms with Crippen LogP contribution in [0.25, 0.3) is 0 Å². The summed E-state index contributed by atoms with van der Waals surface area (Å²) >= 11 is 0. The minimum Gasteiger partial charge on any atom is -0.390 e. The number of nitrogens with two attached hydrogens (primary N) is 1. The first kappa shape index (κ1) is 15.0. The zero-order chi connectivity index (χ0) is 16.7. The topological polar surface area (TPSA) is 90.1 Å². The second kappa shape index (κ2) is 4.68. The van der Waals surface area contributed by atoms with E-state index < -0.39 is 11.6 Å². The molecule has 6 aliphatic rings. The van der Waals surface area contributed by atoms with Gasteiger partial charge in [0.05, 0.1) is 11.5 Å². The van der Waals surface area contributed by atoms with Gasteiger partial charge in [0.25, 0.3) is 0 Å². The van der Waals surface area contributed by atoms with Crippen LogP contribution in [0.1, 0.15) is 57.8 Å². The van der Waals surface area contributed by atoms with E-state index in [9.17, 15) is 15.2 Å². The highest BCUT2D eigenvalue weighted by Gasteiger charge is 2.62. The second-order valence-corrected chi connectivity index (χ2v) is 9.34. The van der Waals surface area contributed by atoms with Crippen LogP contribution in [-0.4, -0.2) is 39.0 Å². The number of nitrogens with zero attached hydrogens (tertiary/aromatic N) is 2. The lowest BCUT2D eigenvalue weighted by molar-refractivity contribution is -0.469. The zero-order valence-electron chi connectivity index (χ0n) is 14.1. The molecule has 1 aliphatic heterocycles. The molecule has 0 aromatic heterocycles. The van der Waals surface area contributed by atoms with Crippen LogP contribution in [0.5, 0.6) is 0 Å². The van der Waals surface area contributed by atoms with E-state index in [1.54, 1.807) is 4.58 Å². The summed E-state index contributed by atoms with van der Waals surface area (Å²) in [6.45, 7) is 0. The first-order valence-corrected chi connectivity index (χ1v) is 9.49. The molecule has 4 bridgehead atoms. The van der Waals surface area contributed by atoms with E-state index in [1.165, 1.54) is 6.42 Å². The van der Waals surface area contributed by atoms with E-state index in [-0.39, 0.29) is 17.4 Å². The average molecular weight is 328 g/mol. The van der Waals surface area contributed by atoms with Crippen molar-refractivity contribution < 1.29 is 14.5 Å². The van der Waals surface area contributed by atoms with Crippen LogP contribution in [-0.2, 0) is 4.79 Å². The number of carbonyl (C=O) groups is 1. The molecular weight excluding hydrogens is 302 g/mol. The molecule has 5 nitrogen and oxygen atoms in total. The Morgan fingerprint density at radius 2 is 2.12 bits per heavy atom. The van der Waals surface area contributed by atoms with Crippen molar-refractivity contribution in [2.75, 3.05) is 0 Å². The molecule has 5 saturated carbocycles. The standard InChI is InChI=1S/C19H26N3O2/c20-9-14-4-13-5-15(13)22(14)17(23)16(21)18-6-11-1-2-19(24,10-18)8-12(3-11)7-18/h11-14,16,24H,1-8,10,21H2/q+1. The number of amides is 1. The molecule has 1 amide bonds. The van der Waals surface area contributed by atoms with Crippen LogP contribution in [0.15, 0.2) is 0 Å². The molecule has 5 fully saturated rings. The van der Waals surface area contributed by atoms with Crippen LogP contribution >= 0.6 is 0 Å². The van der Waals surface area contributed by atoms with Crippen LogP contribution in [0, 0.1) is 34.5 Å². The SMILES string of the molecule is N#CC1CC2CC2=[N+]1C(=O)C(N)C12CC3CCC(O)(CC(C3)C1)C2. The Balaban J connectivity index is 1.49. The fourth-order valence-electron chi connectivity index (χ4n) is 6.78. The van der Waals surface area contributed by atoms with E-state index in [1.807, 2.05) is 0 Å². The summed E-state index contributed by atoms with van der Waals surface area (Å²) in [7, 11) is 0. The fourth-order valence-corrected chi connectivity index (χ4v) is 6.78. The van der Waals surface area contributed by atoms with Crippen molar-refractivity contribution in [2.24, 2.45) is 28.9 Å². The Kier molecular flexibility index (Phi) is 2.93. The minimum absolute atomic E-state index is 0.0536. The van der Waals surface area contributed by atoms with Crippen molar-refractivity contribution in [1.29, 1.82) is 5.26 Å². The summed E-state index contributed by atoms with van der Waals surface area (Å²) in [5, 5.41) is 20.4. The van der Waals surface area contributed by atoms with E-state index in [0.29, 0.717) is 24.2 Å². The van der Waals surface area contributed by atoms with Gasteiger partial charge in [-0.1, -0.05) is 0 Å². The average Bonchev–Trinajstić information content (AvgIpc) is 3.24. The van der Waals surface area contributed by atoms with Crippen LogP contribution < -0.4 is 5.73 Å². The molecule has 0 aromatic rings. The number of hydrogen-bond acceptors (Lipinski definition) is 4. The third kappa shape index (κ3) is 1.99. The Labute approximate surface area is 142 Å². The van der Waals surface area contributed by atoms with Crippen molar-refractivity contribution >= 4 is 11.6 Å². The molecule has 7 unspecified atom stereocenters. The Hall–Kier alpha value is -1.25. The fraction of sp³-hybridized carbons (Fsp3) is 0.842. The lowest BCUT2D eigenvalue weighted by atomic mass is 9.54. The monoisotopic (exact) mass is 328 g/mol. The van der Waals surface area contributed by atoms with Crippen molar-refractivity contribution in [1.82, 2.24) is 0 Å². The highest BCUT2D eigenvalue weighted by molar-refractivity contribution is 6.01. The molecule has 24 heavy (non-hydrogen) atoms. The maximum Gasteiger partial charge on any atom is 0.405 e. The molecule has 6 rings (SSSR count). The molecule has 5 aliphatic carbocycles. The first-order valence-electron chi connectivity index (χ1n) is 9.49. The van der Waals surface area contributed by atoms with Gasteiger partial charge in [-0.3, -0.25) is 0 Å². The number of rotatable bonds is 2. The molecular formula is C19H26N3O2+. The molecule has 3 N–H and O–H groups in total. The Bertz CT molecular complexity index is 695. The molecule has 7 atom stereocenters. The molecule has 0 radical (unpaired) electrons. The van der Waals surface area contributed by atoms with E-state index >= 15 is 0 Å². The van der Waals surface area contributed by atoms with Gasteiger partial charge < -0.3 is 10.8 Å². The second-order valence-electron chi connectivity index (χ2n) is 9.34. The van der Waals surface area contributed by atoms with Gasteiger partial charge >= 0.3 is 5.91 Å². The summed E-state index contributed by atoms with van der Waals surface area (Å²) in [6, 6.07) is 1.39. The predicted molar refractivity (Wildman–Crippen MR) is 87.1 cm³/mol. The first-order chi connectivity index (χ1) is 11.4. The van der Waals surface area contributed by atoms with Crippen LogP contribution in [0.4, 0.5) is 0 Å². The van der Waals surface area contributed by atoms with Gasteiger partial charge in [0.2, 0.25) is 6.04 Å². The highest BCUT2D eigenvalue weighted by atomic mass is 16.3. The lowest BCUT2D eigenvalue weighted by Crippen LogP contribution is -2.59. The maximum absolute atomic E-state index is 13.2. The van der Waals surface area contributed by atoms with E-state index in [2.05, 4.69) is 6.07 Å². The normalized spacial score (nSPS) is 49.5. The summed E-state index contributed by atoms with van der Waals surface area (Å²) in [5.74, 6) is 1.50. The van der Waals surface area contributed by atoms with Crippen molar-refractivity contribution in [2.45, 2.75) is 75.5 Å². The number of nitriles is 1. The maximum atomic E-state index is 13.2. The quantitative estimate of drug-likeness (QED) is 0.748. The molecule has 128 valence electrons. The largest absolute Gasteiger partial charge is 0.405 e. The molecule has 0 aromatic carbocycles. The van der Waals surface area contributed by atoms with Crippen LogP contribution in [0.3, 0.4) is 0 Å². The van der Waals surface area contributed by atoms with Gasteiger partial charge in [-0.05, 0) is 56.8 Å². The van der Waals surface area contributed by atoms with Crippen LogP contribution in [0.2, 0.25) is 0 Å². The van der Waals surface area contributed by atoms with Gasteiger partial charge in [0.1, 0.15) is 12.1 Å². The zero-order valence-corrected chi connectivity index (χ0v) is 14.1. The lowest BCUT2D eigenvalue weighted by Gasteiger charge is -2.52. The van der Waals surface area contributed by atoms with Gasteiger partial charge in [-0.2, -0.15) is 9.84 Å². The number of aliphatic hydroxyl groups is 1. The molecule has 0 spiro atoms. The third-order valence-corrected chi connectivity index (χ3v) is 7.63. The molecule has 0 saturated heterocycles. The van der Waals surface area contributed by atoms with E-state index in [0.717, 1.165) is 50.7 Å². The van der Waals surface area contributed by atoms with E-state index in [4.69, 9.17) is 5.73 Å². The Morgan fingerprint density at radius 3 is 2.92 bits per heavy atom. The summed E-state index contributed by atoms with van der Waals surface area (Å²) < 4.78 is 1.73. The number of carbonyl (C=O) groups excluding carboxylic acids is 1. The van der Waals surface area contributed by atoms with Gasteiger partial charge in [0, 0.05) is 18.3 Å². The minimum atomic E-state index is -0.624. The van der Waals surface area contributed by atoms with Gasteiger partial charge in [-0.25, -0.2) is 4.79 Å². The third-order valence-electron chi connectivity index (χ3n) is 7.63. The number of fused-ring (bicyclic) bond motifs is 2. The molecule has 1 heterocycles.